The first kappa shape index (κ1) is 17.3. The number of carbonyl (C=O) groups excluding carboxylic acids is 1. The van der Waals surface area contributed by atoms with Gasteiger partial charge in [-0.3, -0.25) is 9.69 Å². The van der Waals surface area contributed by atoms with Crippen LogP contribution in [0.5, 0.6) is 0 Å². The minimum absolute atomic E-state index is 0.121. The van der Waals surface area contributed by atoms with E-state index < -0.39 is 9.05 Å². The van der Waals surface area contributed by atoms with Crippen LogP contribution in [0.2, 0.25) is 0 Å². The number of hydrogen-bond donors (Lipinski definition) is 0. The molecule has 0 saturated carbocycles. The number of anilines is 1. The van der Waals surface area contributed by atoms with Crippen molar-refractivity contribution < 1.29 is 13.2 Å². The molecule has 1 fully saturated rings. The minimum Gasteiger partial charge on any atom is -0.280 e. The summed E-state index contributed by atoms with van der Waals surface area (Å²) in [4.78, 5) is 22.2. The molecule has 0 spiro atoms. The number of amides is 1. The van der Waals surface area contributed by atoms with Gasteiger partial charge in [0.25, 0.3) is 0 Å². The van der Waals surface area contributed by atoms with Gasteiger partial charge in [-0.15, -0.1) is 0 Å². The molecule has 1 aromatic heterocycles. The van der Waals surface area contributed by atoms with Crippen LogP contribution in [0.1, 0.15) is 6.42 Å². The van der Waals surface area contributed by atoms with Crippen molar-refractivity contribution in [2.45, 2.75) is 6.42 Å². The molecule has 1 saturated heterocycles. The van der Waals surface area contributed by atoms with Crippen LogP contribution in [0.3, 0.4) is 0 Å². The third kappa shape index (κ3) is 4.12. The lowest BCUT2D eigenvalue weighted by Gasteiger charge is -2.15. The third-order valence-corrected chi connectivity index (χ3v) is 5.39. The van der Waals surface area contributed by atoms with Crippen molar-refractivity contribution in [1.82, 2.24) is 9.97 Å². The highest BCUT2D eigenvalue weighted by Gasteiger charge is 2.34. The van der Waals surface area contributed by atoms with E-state index in [0.29, 0.717) is 5.69 Å². The van der Waals surface area contributed by atoms with Crippen LogP contribution < -0.4 is 4.90 Å². The molecular weight excluding hydrogens is 418 g/mol. The summed E-state index contributed by atoms with van der Waals surface area (Å²) in [7, 11) is 1.64. The van der Waals surface area contributed by atoms with E-state index in [9.17, 15) is 13.2 Å². The van der Waals surface area contributed by atoms with Gasteiger partial charge in [-0.2, -0.15) is 0 Å². The molecule has 1 aliphatic rings. The van der Waals surface area contributed by atoms with Crippen molar-refractivity contribution in [3.05, 3.63) is 41.0 Å². The van der Waals surface area contributed by atoms with E-state index in [2.05, 4.69) is 25.9 Å². The summed E-state index contributed by atoms with van der Waals surface area (Å²) in [5.41, 5.74) is 1.57. The van der Waals surface area contributed by atoms with E-state index in [4.69, 9.17) is 10.7 Å². The molecule has 3 rings (SSSR count). The van der Waals surface area contributed by atoms with Crippen molar-refractivity contribution in [2.75, 3.05) is 17.2 Å². The van der Waals surface area contributed by atoms with Gasteiger partial charge < -0.3 is 0 Å². The molecule has 1 unspecified atom stereocenters. The Kier molecular flexibility index (Phi) is 4.89. The van der Waals surface area contributed by atoms with E-state index >= 15 is 0 Å². The third-order valence-electron chi connectivity index (χ3n) is 3.64. The lowest BCUT2D eigenvalue weighted by Crippen LogP contribution is -2.27. The van der Waals surface area contributed by atoms with Crippen LogP contribution >= 0.6 is 26.6 Å². The summed E-state index contributed by atoms with van der Waals surface area (Å²) in [6.45, 7) is 0.243. The Labute approximate surface area is 152 Å². The van der Waals surface area contributed by atoms with Crippen molar-refractivity contribution in [2.24, 2.45) is 5.92 Å². The lowest BCUT2D eigenvalue weighted by atomic mass is 10.1. The second kappa shape index (κ2) is 6.78. The first-order chi connectivity index (χ1) is 11.3. The molecular formula is C15H13BrClN3O3S. The molecule has 1 aliphatic heterocycles. The van der Waals surface area contributed by atoms with Gasteiger partial charge in [0.1, 0.15) is 0 Å². The zero-order valence-electron chi connectivity index (χ0n) is 12.4. The molecule has 6 nitrogen and oxygen atoms in total. The van der Waals surface area contributed by atoms with Gasteiger partial charge in [0.2, 0.25) is 20.9 Å². The SMILES string of the molecule is O=C1CC(CS(=O)(=O)Cl)CN1c1nccc(-c2cccc(Br)c2)n1. The average Bonchev–Trinajstić information content (AvgIpc) is 2.86. The summed E-state index contributed by atoms with van der Waals surface area (Å²) in [6.07, 6.45) is 1.70. The Bertz CT molecular complexity index is 891. The maximum Gasteiger partial charge on any atom is 0.232 e. The zero-order chi connectivity index (χ0) is 17.3. The van der Waals surface area contributed by atoms with Gasteiger partial charge in [0, 0.05) is 45.8 Å². The molecule has 1 amide bonds. The highest BCUT2D eigenvalue weighted by atomic mass is 79.9. The van der Waals surface area contributed by atoms with Gasteiger partial charge >= 0.3 is 0 Å². The van der Waals surface area contributed by atoms with Crippen molar-refractivity contribution >= 4 is 47.5 Å². The van der Waals surface area contributed by atoms with E-state index in [1.54, 1.807) is 12.3 Å². The second-order valence-electron chi connectivity index (χ2n) is 5.53. The topological polar surface area (TPSA) is 80.2 Å². The highest BCUT2D eigenvalue weighted by molar-refractivity contribution is 9.10. The van der Waals surface area contributed by atoms with Gasteiger partial charge in [-0.25, -0.2) is 18.4 Å². The normalized spacial score (nSPS) is 18.2. The number of aromatic nitrogens is 2. The van der Waals surface area contributed by atoms with E-state index in [0.717, 1.165) is 10.0 Å². The van der Waals surface area contributed by atoms with E-state index in [1.807, 2.05) is 24.3 Å². The predicted molar refractivity (Wildman–Crippen MR) is 95.3 cm³/mol. The zero-order valence-corrected chi connectivity index (χ0v) is 15.6. The molecule has 2 heterocycles. The Morgan fingerprint density at radius 3 is 2.83 bits per heavy atom. The first-order valence-corrected chi connectivity index (χ1v) is 10.4. The molecule has 126 valence electrons. The predicted octanol–water partition coefficient (Wildman–Crippen LogP) is 2.83. The lowest BCUT2D eigenvalue weighted by molar-refractivity contribution is -0.117. The smallest absolute Gasteiger partial charge is 0.232 e. The summed E-state index contributed by atoms with van der Waals surface area (Å²) in [5.74, 6) is -0.515. The average molecular weight is 431 g/mol. The molecule has 0 N–H and O–H groups in total. The number of carbonyl (C=O) groups is 1. The maximum atomic E-state index is 12.2. The van der Waals surface area contributed by atoms with Crippen LogP contribution in [0.25, 0.3) is 11.3 Å². The van der Waals surface area contributed by atoms with Crippen LogP contribution in [0.4, 0.5) is 5.95 Å². The molecule has 2 aromatic rings. The Hall–Kier alpha value is -1.51. The van der Waals surface area contributed by atoms with Gasteiger partial charge in [0.05, 0.1) is 11.4 Å². The summed E-state index contributed by atoms with van der Waals surface area (Å²) in [6, 6.07) is 9.38. The molecule has 1 atom stereocenters. The van der Waals surface area contributed by atoms with Crippen molar-refractivity contribution in [3.63, 3.8) is 0 Å². The number of nitrogens with zero attached hydrogens (tertiary/aromatic N) is 3. The minimum atomic E-state index is -3.65. The number of hydrogen-bond acceptors (Lipinski definition) is 5. The van der Waals surface area contributed by atoms with Crippen LogP contribution in [0, 0.1) is 5.92 Å². The van der Waals surface area contributed by atoms with Crippen LogP contribution in [-0.2, 0) is 13.8 Å². The molecule has 0 aliphatic carbocycles. The fourth-order valence-electron chi connectivity index (χ4n) is 2.66. The fraction of sp³-hybridized carbons (Fsp3) is 0.267. The van der Waals surface area contributed by atoms with Crippen LogP contribution in [-0.4, -0.2) is 36.6 Å². The maximum absolute atomic E-state index is 12.2. The summed E-state index contributed by atoms with van der Waals surface area (Å²) in [5, 5.41) is 0. The second-order valence-corrected chi connectivity index (χ2v) is 9.27. The number of benzene rings is 1. The Morgan fingerprint density at radius 1 is 1.33 bits per heavy atom. The van der Waals surface area contributed by atoms with Crippen molar-refractivity contribution in [3.8, 4) is 11.3 Å². The standard InChI is InChI=1S/C15H13BrClN3O3S/c16-12-3-1-2-11(7-12)13-4-5-18-15(19-13)20-8-10(6-14(20)21)9-24(17,22)23/h1-5,7,10H,6,8-9H2. The summed E-state index contributed by atoms with van der Waals surface area (Å²) < 4.78 is 23.3. The highest BCUT2D eigenvalue weighted by Crippen LogP contribution is 2.27. The first-order valence-electron chi connectivity index (χ1n) is 7.13. The Morgan fingerprint density at radius 2 is 2.12 bits per heavy atom. The van der Waals surface area contributed by atoms with Gasteiger partial charge in [0.15, 0.2) is 0 Å². The van der Waals surface area contributed by atoms with E-state index in [1.165, 1.54) is 4.90 Å². The number of halogens is 2. The quantitative estimate of drug-likeness (QED) is 0.697. The fourth-order valence-corrected chi connectivity index (χ4v) is 4.38. The van der Waals surface area contributed by atoms with Gasteiger partial charge in [-0.05, 0) is 18.2 Å². The van der Waals surface area contributed by atoms with E-state index in [-0.39, 0.29) is 36.5 Å². The number of rotatable bonds is 4. The molecule has 0 radical (unpaired) electrons. The molecule has 24 heavy (non-hydrogen) atoms. The largest absolute Gasteiger partial charge is 0.280 e. The molecule has 1 aromatic carbocycles. The molecule has 0 bridgehead atoms. The van der Waals surface area contributed by atoms with Crippen LogP contribution in [0.15, 0.2) is 41.0 Å². The summed E-state index contributed by atoms with van der Waals surface area (Å²) >= 11 is 3.41. The Balaban J connectivity index is 1.85. The monoisotopic (exact) mass is 429 g/mol. The molecule has 9 heteroatoms. The van der Waals surface area contributed by atoms with Gasteiger partial charge in [-0.1, -0.05) is 28.1 Å². The van der Waals surface area contributed by atoms with Crippen molar-refractivity contribution in [1.29, 1.82) is 0 Å².